The van der Waals surface area contributed by atoms with Crippen molar-refractivity contribution in [2.45, 2.75) is 31.5 Å². The second-order valence-electron chi connectivity index (χ2n) is 8.94. The molecule has 1 saturated heterocycles. The van der Waals surface area contributed by atoms with Crippen molar-refractivity contribution in [1.29, 1.82) is 0 Å². The molecule has 1 fully saturated rings. The predicted molar refractivity (Wildman–Crippen MR) is 120 cm³/mol. The van der Waals surface area contributed by atoms with Crippen LogP contribution in [0.4, 0.5) is 18.0 Å². The summed E-state index contributed by atoms with van der Waals surface area (Å²) in [4.78, 5) is 37.3. The Morgan fingerprint density at radius 3 is 2.17 bits per heavy atom. The van der Waals surface area contributed by atoms with Gasteiger partial charge in [0.1, 0.15) is 6.61 Å². The van der Waals surface area contributed by atoms with E-state index in [-0.39, 0.29) is 32.0 Å². The van der Waals surface area contributed by atoms with Crippen molar-refractivity contribution in [1.82, 2.24) is 10.2 Å². The van der Waals surface area contributed by atoms with Crippen LogP contribution in [-0.2, 0) is 14.3 Å². The summed E-state index contributed by atoms with van der Waals surface area (Å²) in [5, 5.41) is 10.9. The molecule has 2 aromatic rings. The van der Waals surface area contributed by atoms with Crippen LogP contribution < -0.4 is 5.32 Å². The Bertz CT molecular complexity index is 1090. The van der Waals surface area contributed by atoms with Crippen LogP contribution >= 0.6 is 0 Å². The van der Waals surface area contributed by atoms with Crippen LogP contribution in [0.3, 0.4) is 0 Å². The van der Waals surface area contributed by atoms with E-state index in [1.54, 1.807) is 12.2 Å². The van der Waals surface area contributed by atoms with Gasteiger partial charge in [0, 0.05) is 19.0 Å². The Labute approximate surface area is 199 Å². The number of ether oxygens (including phenoxy) is 1. The molecule has 4 rings (SSSR count). The van der Waals surface area contributed by atoms with Gasteiger partial charge in [0.15, 0.2) is 0 Å². The maximum atomic E-state index is 13.7. The maximum absolute atomic E-state index is 13.7. The van der Waals surface area contributed by atoms with Gasteiger partial charge in [0.25, 0.3) is 5.91 Å². The zero-order valence-corrected chi connectivity index (χ0v) is 18.9. The van der Waals surface area contributed by atoms with Crippen LogP contribution in [0.15, 0.2) is 48.5 Å². The number of carbonyl (C=O) groups excluding carboxylic acids is 2. The lowest BCUT2D eigenvalue weighted by atomic mass is 9.87. The van der Waals surface area contributed by atoms with Crippen molar-refractivity contribution >= 4 is 18.0 Å². The molecule has 1 aliphatic heterocycles. The molecule has 0 radical (unpaired) electrons. The summed E-state index contributed by atoms with van der Waals surface area (Å²) in [6, 6.07) is 12.3. The number of halogens is 3. The first-order valence-corrected chi connectivity index (χ1v) is 11.3. The summed E-state index contributed by atoms with van der Waals surface area (Å²) in [5.41, 5.74) is 3.75. The third-order valence-corrected chi connectivity index (χ3v) is 6.71. The van der Waals surface area contributed by atoms with Crippen LogP contribution in [0, 0.1) is 11.8 Å². The molecule has 10 heteroatoms. The molecule has 3 atom stereocenters. The summed E-state index contributed by atoms with van der Waals surface area (Å²) in [6.07, 6.45) is -6.36. The van der Waals surface area contributed by atoms with Crippen LogP contribution in [0.5, 0.6) is 0 Å². The molecular formula is C25H25F3N2O5. The van der Waals surface area contributed by atoms with Gasteiger partial charge in [-0.05, 0) is 34.6 Å². The molecule has 35 heavy (non-hydrogen) atoms. The number of benzene rings is 2. The molecule has 3 unspecified atom stereocenters. The number of rotatable bonds is 5. The van der Waals surface area contributed by atoms with E-state index in [1.165, 1.54) is 0 Å². The minimum Gasteiger partial charge on any atom is -0.481 e. The predicted octanol–water partition coefficient (Wildman–Crippen LogP) is 4.03. The van der Waals surface area contributed by atoms with Gasteiger partial charge >= 0.3 is 18.2 Å². The fourth-order valence-corrected chi connectivity index (χ4v) is 4.94. The van der Waals surface area contributed by atoms with Gasteiger partial charge in [-0.15, -0.1) is 0 Å². The molecule has 1 heterocycles. The van der Waals surface area contributed by atoms with E-state index in [2.05, 4.69) is 0 Å². The Hall–Kier alpha value is -3.56. The second-order valence-corrected chi connectivity index (χ2v) is 8.94. The molecule has 186 valence electrons. The molecule has 2 aliphatic rings. The average molecular weight is 490 g/mol. The summed E-state index contributed by atoms with van der Waals surface area (Å²) in [6.45, 7) is 1.09. The van der Waals surface area contributed by atoms with Crippen LogP contribution in [0.2, 0.25) is 0 Å². The quantitative estimate of drug-likeness (QED) is 0.660. The highest BCUT2D eigenvalue weighted by atomic mass is 19.4. The number of fused-ring (bicyclic) bond motifs is 3. The van der Waals surface area contributed by atoms with Gasteiger partial charge in [-0.3, -0.25) is 9.59 Å². The first-order valence-electron chi connectivity index (χ1n) is 11.3. The van der Waals surface area contributed by atoms with Gasteiger partial charge in [0.2, 0.25) is 6.04 Å². The number of nitrogens with zero attached hydrogens (tertiary/aromatic N) is 1. The molecule has 0 spiro atoms. The van der Waals surface area contributed by atoms with E-state index in [1.807, 2.05) is 48.5 Å². The van der Waals surface area contributed by atoms with Crippen molar-refractivity contribution in [3.8, 4) is 11.1 Å². The number of aliphatic carboxylic acids is 1. The van der Waals surface area contributed by atoms with Gasteiger partial charge in [-0.2, -0.15) is 13.2 Å². The zero-order chi connectivity index (χ0) is 25.3. The lowest BCUT2D eigenvalue weighted by Crippen LogP contribution is -2.58. The van der Waals surface area contributed by atoms with Gasteiger partial charge in [-0.1, -0.05) is 55.5 Å². The van der Waals surface area contributed by atoms with Crippen LogP contribution in [-0.4, -0.2) is 59.9 Å². The Morgan fingerprint density at radius 1 is 1.09 bits per heavy atom. The highest BCUT2D eigenvalue weighted by molar-refractivity contribution is 5.87. The highest BCUT2D eigenvalue weighted by Gasteiger charge is 2.49. The first kappa shape index (κ1) is 24.6. The molecule has 0 bridgehead atoms. The number of nitrogens with one attached hydrogen (secondary N) is 1. The fraction of sp³-hybridized carbons (Fsp3) is 0.400. The molecule has 0 saturated carbocycles. The number of carboxylic acids is 1. The van der Waals surface area contributed by atoms with E-state index in [4.69, 9.17) is 4.74 Å². The second kappa shape index (κ2) is 9.59. The van der Waals surface area contributed by atoms with E-state index >= 15 is 0 Å². The van der Waals surface area contributed by atoms with Gasteiger partial charge in [0.05, 0.1) is 5.92 Å². The van der Waals surface area contributed by atoms with E-state index < -0.39 is 42.0 Å². The summed E-state index contributed by atoms with van der Waals surface area (Å²) in [5.74, 6) is -3.98. The van der Waals surface area contributed by atoms with E-state index in [9.17, 15) is 32.7 Å². The molecule has 7 nitrogen and oxygen atoms in total. The maximum Gasteiger partial charge on any atom is 0.417 e. The third-order valence-electron chi connectivity index (χ3n) is 6.71. The fourth-order valence-electron chi connectivity index (χ4n) is 4.94. The molecule has 2 aromatic carbocycles. The lowest BCUT2D eigenvalue weighted by molar-refractivity contribution is -0.177. The number of hydrogen-bond acceptors (Lipinski definition) is 4. The number of alkyl carbamates (subject to hydrolysis) is 1. The molecule has 2 amide bonds. The van der Waals surface area contributed by atoms with Crippen molar-refractivity contribution in [2.75, 3.05) is 19.7 Å². The number of carboxylic acid groups (broad SMARTS) is 1. The normalized spacial score (nSPS) is 20.5. The number of piperidine rings is 1. The number of amides is 2. The standard InChI is InChI=1S/C25H25F3N2O5/c1-14-12-30(11-10-15(14)23(32)33)22(31)21(25(26,27)28)29-24(34)35-13-20-18-8-4-2-6-16(18)17-7-3-5-9-19(17)20/h2-9,14-15,20-21H,10-13H2,1H3,(H,29,34)(H,32,33). The molecule has 2 N–H and O–H groups in total. The number of likely N-dealkylation sites (tertiary alicyclic amines) is 1. The highest BCUT2D eigenvalue weighted by Crippen LogP contribution is 2.44. The Balaban J connectivity index is 1.43. The summed E-state index contributed by atoms with van der Waals surface area (Å²) < 4.78 is 46.3. The van der Waals surface area contributed by atoms with Crippen LogP contribution in [0.25, 0.3) is 11.1 Å². The van der Waals surface area contributed by atoms with Crippen LogP contribution in [0.1, 0.15) is 30.4 Å². The number of carbonyl (C=O) groups is 3. The Kier molecular flexibility index (Phi) is 6.73. The monoisotopic (exact) mass is 490 g/mol. The Morgan fingerprint density at radius 2 is 1.66 bits per heavy atom. The minimum atomic E-state index is -5.05. The molecule has 0 aromatic heterocycles. The SMILES string of the molecule is CC1CN(C(=O)C(NC(=O)OCC2c3ccccc3-c3ccccc32)C(F)(F)F)CCC1C(=O)O. The minimum absolute atomic E-state index is 0.0394. The van der Waals surface area contributed by atoms with E-state index in [0.29, 0.717) is 0 Å². The smallest absolute Gasteiger partial charge is 0.417 e. The van der Waals surface area contributed by atoms with E-state index in [0.717, 1.165) is 27.2 Å². The largest absolute Gasteiger partial charge is 0.481 e. The average Bonchev–Trinajstić information content (AvgIpc) is 3.13. The zero-order valence-electron chi connectivity index (χ0n) is 18.9. The molecular weight excluding hydrogens is 465 g/mol. The number of hydrogen-bond donors (Lipinski definition) is 2. The first-order chi connectivity index (χ1) is 16.6. The molecule has 1 aliphatic carbocycles. The van der Waals surface area contributed by atoms with Crippen molar-refractivity contribution in [3.05, 3.63) is 59.7 Å². The lowest BCUT2D eigenvalue weighted by Gasteiger charge is -2.37. The van der Waals surface area contributed by atoms with Crippen molar-refractivity contribution in [2.24, 2.45) is 11.8 Å². The summed E-state index contributed by atoms with van der Waals surface area (Å²) >= 11 is 0. The van der Waals surface area contributed by atoms with Crippen molar-refractivity contribution in [3.63, 3.8) is 0 Å². The summed E-state index contributed by atoms with van der Waals surface area (Å²) in [7, 11) is 0. The van der Waals surface area contributed by atoms with Crippen molar-refractivity contribution < 1.29 is 37.4 Å². The van der Waals surface area contributed by atoms with Gasteiger partial charge in [-0.25, -0.2) is 4.79 Å². The number of alkyl halides is 3. The van der Waals surface area contributed by atoms with Gasteiger partial charge < -0.3 is 20.1 Å². The topological polar surface area (TPSA) is 95.9 Å². The third kappa shape index (κ3) is 4.96.